The lowest BCUT2D eigenvalue weighted by atomic mass is 9.65. The molecule has 4 unspecified atom stereocenters. The Morgan fingerprint density at radius 2 is 1.91 bits per heavy atom. The summed E-state index contributed by atoms with van der Waals surface area (Å²) in [6, 6.07) is 0. The molecule has 0 aromatic carbocycles. The molecule has 3 aliphatic rings. The van der Waals surface area contributed by atoms with Gasteiger partial charge in [-0.1, -0.05) is 32.1 Å². The number of amides is 1. The molecule has 130 valence electrons. The van der Waals surface area contributed by atoms with Crippen molar-refractivity contribution >= 4 is 11.9 Å². The second-order valence-electron chi connectivity index (χ2n) is 7.30. The lowest BCUT2D eigenvalue weighted by molar-refractivity contribution is -0.154. The highest BCUT2D eigenvalue weighted by molar-refractivity contribution is 5.79. The Hall–Kier alpha value is -1.10. The van der Waals surface area contributed by atoms with Crippen molar-refractivity contribution in [2.45, 2.75) is 57.5 Å². The molecular weight excluding hydrogens is 294 g/mol. The van der Waals surface area contributed by atoms with Gasteiger partial charge in [-0.2, -0.15) is 0 Å². The van der Waals surface area contributed by atoms with E-state index in [4.69, 9.17) is 9.47 Å². The van der Waals surface area contributed by atoms with Gasteiger partial charge in [0.05, 0.1) is 26.2 Å². The summed E-state index contributed by atoms with van der Waals surface area (Å²) < 4.78 is 10.3. The van der Waals surface area contributed by atoms with Gasteiger partial charge < -0.3 is 14.4 Å². The van der Waals surface area contributed by atoms with Crippen molar-refractivity contribution in [2.24, 2.45) is 17.8 Å². The molecule has 0 spiro atoms. The van der Waals surface area contributed by atoms with E-state index < -0.39 is 0 Å². The van der Waals surface area contributed by atoms with E-state index in [2.05, 4.69) is 0 Å². The Balaban J connectivity index is 1.61. The zero-order valence-corrected chi connectivity index (χ0v) is 14.2. The molecule has 0 N–H and O–H groups in total. The fourth-order valence-electron chi connectivity index (χ4n) is 4.79. The van der Waals surface area contributed by atoms with Crippen LogP contribution in [0, 0.1) is 17.8 Å². The molecule has 0 bridgehead atoms. The first kappa shape index (κ1) is 16.7. The maximum Gasteiger partial charge on any atom is 0.308 e. The molecule has 1 amide bonds. The topological polar surface area (TPSA) is 55.8 Å². The number of carbonyl (C=O) groups is 2. The van der Waals surface area contributed by atoms with Crippen LogP contribution in [-0.4, -0.2) is 49.7 Å². The van der Waals surface area contributed by atoms with Crippen molar-refractivity contribution in [2.75, 3.05) is 26.8 Å². The SMILES string of the molecule is COC(=O)CC1CN(C(=O)C2CCCC3CCCCC32)CCO1. The molecule has 1 saturated heterocycles. The van der Waals surface area contributed by atoms with Gasteiger partial charge in [0.15, 0.2) is 0 Å². The molecule has 3 fully saturated rings. The van der Waals surface area contributed by atoms with Crippen molar-refractivity contribution < 1.29 is 19.1 Å². The van der Waals surface area contributed by atoms with Gasteiger partial charge in [0.2, 0.25) is 5.91 Å². The third-order valence-corrected chi connectivity index (χ3v) is 5.96. The predicted molar refractivity (Wildman–Crippen MR) is 85.7 cm³/mol. The minimum atomic E-state index is -0.269. The van der Waals surface area contributed by atoms with E-state index in [1.54, 1.807) is 0 Å². The normalized spacial score (nSPS) is 34.6. The molecule has 23 heavy (non-hydrogen) atoms. The van der Waals surface area contributed by atoms with Crippen LogP contribution in [0.4, 0.5) is 0 Å². The second kappa shape index (κ2) is 7.65. The fraction of sp³-hybridized carbons (Fsp3) is 0.889. The number of esters is 1. The molecular formula is C18H29NO4. The second-order valence-corrected chi connectivity index (χ2v) is 7.30. The van der Waals surface area contributed by atoms with Gasteiger partial charge in [-0.15, -0.1) is 0 Å². The van der Waals surface area contributed by atoms with E-state index in [1.165, 1.54) is 45.6 Å². The molecule has 4 atom stereocenters. The summed E-state index contributed by atoms with van der Waals surface area (Å²) in [5, 5.41) is 0. The van der Waals surface area contributed by atoms with Crippen LogP contribution in [0.5, 0.6) is 0 Å². The highest BCUT2D eigenvalue weighted by atomic mass is 16.5. The number of carbonyl (C=O) groups excluding carboxylic acids is 2. The van der Waals surface area contributed by atoms with E-state index >= 15 is 0 Å². The van der Waals surface area contributed by atoms with Gasteiger partial charge in [-0.05, 0) is 24.7 Å². The Kier molecular flexibility index (Phi) is 5.57. The molecule has 3 rings (SSSR count). The smallest absolute Gasteiger partial charge is 0.308 e. The first-order chi connectivity index (χ1) is 11.2. The molecule has 5 nitrogen and oxygen atoms in total. The van der Waals surface area contributed by atoms with Crippen LogP contribution in [0.2, 0.25) is 0 Å². The minimum absolute atomic E-state index is 0.200. The fourth-order valence-corrected chi connectivity index (χ4v) is 4.79. The average molecular weight is 323 g/mol. The molecule has 0 radical (unpaired) electrons. The number of morpholine rings is 1. The first-order valence-corrected chi connectivity index (χ1v) is 9.16. The van der Waals surface area contributed by atoms with Crippen LogP contribution in [0.25, 0.3) is 0 Å². The maximum atomic E-state index is 13.1. The average Bonchev–Trinajstić information content (AvgIpc) is 2.60. The summed E-state index contributed by atoms with van der Waals surface area (Å²) in [5.74, 6) is 1.59. The summed E-state index contributed by atoms with van der Waals surface area (Å²) in [7, 11) is 1.39. The van der Waals surface area contributed by atoms with Crippen molar-refractivity contribution in [3.63, 3.8) is 0 Å². The molecule has 2 saturated carbocycles. The number of methoxy groups -OCH3 is 1. The molecule has 2 aliphatic carbocycles. The van der Waals surface area contributed by atoms with E-state index in [0.717, 1.165) is 12.3 Å². The minimum Gasteiger partial charge on any atom is -0.469 e. The van der Waals surface area contributed by atoms with E-state index in [0.29, 0.717) is 31.5 Å². The number of rotatable bonds is 3. The summed E-state index contributed by atoms with van der Waals surface area (Å²) in [6.07, 6.45) is 8.69. The largest absolute Gasteiger partial charge is 0.469 e. The Labute approximate surface area is 138 Å². The summed E-state index contributed by atoms with van der Waals surface area (Å²) in [5.41, 5.74) is 0. The molecule has 1 heterocycles. The maximum absolute atomic E-state index is 13.1. The lowest BCUT2D eigenvalue weighted by Gasteiger charge is -2.43. The predicted octanol–water partition coefficient (Wildman–Crippen LogP) is 2.38. The molecule has 5 heteroatoms. The summed E-state index contributed by atoms with van der Waals surface area (Å²) in [6.45, 7) is 1.71. The van der Waals surface area contributed by atoms with E-state index in [1.807, 2.05) is 4.90 Å². The van der Waals surface area contributed by atoms with Gasteiger partial charge in [0.25, 0.3) is 0 Å². The monoisotopic (exact) mass is 323 g/mol. The zero-order chi connectivity index (χ0) is 16.2. The van der Waals surface area contributed by atoms with Crippen molar-refractivity contribution in [3.05, 3.63) is 0 Å². The van der Waals surface area contributed by atoms with Crippen molar-refractivity contribution in [1.29, 1.82) is 0 Å². The standard InChI is InChI=1S/C18H29NO4/c1-22-17(20)11-14-12-19(9-10-23-14)18(21)16-8-4-6-13-5-2-3-7-15(13)16/h13-16H,2-12H2,1H3. The van der Waals surface area contributed by atoms with Gasteiger partial charge in [-0.3, -0.25) is 9.59 Å². The van der Waals surface area contributed by atoms with Crippen LogP contribution in [0.1, 0.15) is 51.4 Å². The quantitative estimate of drug-likeness (QED) is 0.748. The summed E-state index contributed by atoms with van der Waals surface area (Å²) >= 11 is 0. The Bertz CT molecular complexity index is 437. The lowest BCUT2D eigenvalue weighted by Crippen LogP contribution is -2.50. The number of hydrogen-bond donors (Lipinski definition) is 0. The van der Waals surface area contributed by atoms with Gasteiger partial charge in [0.1, 0.15) is 0 Å². The van der Waals surface area contributed by atoms with E-state index in [-0.39, 0.29) is 24.4 Å². The summed E-state index contributed by atoms with van der Waals surface area (Å²) in [4.78, 5) is 26.4. The Morgan fingerprint density at radius 3 is 2.74 bits per heavy atom. The van der Waals surface area contributed by atoms with Crippen LogP contribution in [-0.2, 0) is 19.1 Å². The van der Waals surface area contributed by atoms with Crippen molar-refractivity contribution in [1.82, 2.24) is 4.90 Å². The van der Waals surface area contributed by atoms with Gasteiger partial charge in [-0.25, -0.2) is 0 Å². The van der Waals surface area contributed by atoms with Gasteiger partial charge >= 0.3 is 5.97 Å². The third-order valence-electron chi connectivity index (χ3n) is 5.96. The number of hydrogen-bond acceptors (Lipinski definition) is 4. The van der Waals surface area contributed by atoms with E-state index in [9.17, 15) is 9.59 Å². The zero-order valence-electron chi connectivity index (χ0n) is 14.2. The van der Waals surface area contributed by atoms with Crippen LogP contribution in [0.15, 0.2) is 0 Å². The highest BCUT2D eigenvalue weighted by Crippen LogP contribution is 2.44. The number of fused-ring (bicyclic) bond motifs is 1. The highest BCUT2D eigenvalue weighted by Gasteiger charge is 2.41. The third kappa shape index (κ3) is 3.87. The molecule has 0 aromatic rings. The number of nitrogens with zero attached hydrogens (tertiary/aromatic N) is 1. The first-order valence-electron chi connectivity index (χ1n) is 9.16. The van der Waals surface area contributed by atoms with Crippen LogP contribution < -0.4 is 0 Å². The number of ether oxygens (including phenoxy) is 2. The molecule has 1 aliphatic heterocycles. The van der Waals surface area contributed by atoms with Gasteiger partial charge in [0, 0.05) is 19.0 Å². The Morgan fingerprint density at radius 1 is 1.13 bits per heavy atom. The van der Waals surface area contributed by atoms with Crippen LogP contribution >= 0.6 is 0 Å². The van der Waals surface area contributed by atoms with Crippen LogP contribution in [0.3, 0.4) is 0 Å². The molecule has 0 aromatic heterocycles. The van der Waals surface area contributed by atoms with Crippen molar-refractivity contribution in [3.8, 4) is 0 Å².